The zero-order valence-electron chi connectivity index (χ0n) is 8.70. The van der Waals surface area contributed by atoms with E-state index in [1.165, 1.54) is 7.11 Å². The summed E-state index contributed by atoms with van der Waals surface area (Å²) in [6, 6.07) is 4.98. The fourth-order valence-electron chi connectivity index (χ4n) is 1.53. The zero-order valence-corrected chi connectivity index (χ0v) is 11.0. The fourth-order valence-corrected chi connectivity index (χ4v) is 2.18. The number of hydrogen-bond acceptors (Lipinski definition) is 3. The van der Waals surface area contributed by atoms with Crippen LogP contribution in [-0.2, 0) is 0 Å². The van der Waals surface area contributed by atoms with Crippen molar-refractivity contribution in [2.75, 3.05) is 7.11 Å². The molecule has 0 aliphatic carbocycles. The number of nitrogens with zero attached hydrogens (tertiary/aromatic N) is 1. The van der Waals surface area contributed by atoms with Gasteiger partial charge in [0.15, 0.2) is 0 Å². The van der Waals surface area contributed by atoms with E-state index in [9.17, 15) is 9.90 Å². The quantitative estimate of drug-likeness (QED) is 0.863. The molecule has 6 heteroatoms. The maximum absolute atomic E-state index is 11.2. The molecule has 1 aromatic carbocycles. The number of aromatic carboxylic acids is 1. The van der Waals surface area contributed by atoms with Crippen LogP contribution in [0.1, 0.15) is 10.4 Å². The van der Waals surface area contributed by atoms with Gasteiger partial charge < -0.3 is 9.84 Å². The number of ether oxygens (including phenoxy) is 1. The third kappa shape index (κ3) is 2.08. The molecule has 1 aromatic heterocycles. The van der Waals surface area contributed by atoms with E-state index < -0.39 is 5.97 Å². The number of pyridine rings is 1. The Bertz CT molecular complexity index is 615. The number of methoxy groups -OCH3 is 1. The summed E-state index contributed by atoms with van der Waals surface area (Å²) in [5.74, 6) is -0.504. The van der Waals surface area contributed by atoms with Crippen LogP contribution in [0.3, 0.4) is 0 Å². The molecule has 0 saturated heterocycles. The van der Waals surface area contributed by atoms with E-state index in [4.69, 9.17) is 16.3 Å². The Morgan fingerprint density at radius 2 is 2.24 bits per heavy atom. The van der Waals surface area contributed by atoms with Gasteiger partial charge in [-0.2, -0.15) is 0 Å². The lowest BCUT2D eigenvalue weighted by Crippen LogP contribution is -2.01. The second kappa shape index (κ2) is 4.50. The Morgan fingerprint density at radius 1 is 1.53 bits per heavy atom. The molecule has 0 aliphatic heterocycles. The predicted octanol–water partition coefficient (Wildman–Crippen LogP) is 3.36. The maximum Gasteiger partial charge on any atom is 0.337 e. The Balaban J connectivity index is 2.89. The van der Waals surface area contributed by atoms with Crippen LogP contribution in [0.15, 0.2) is 22.7 Å². The van der Waals surface area contributed by atoms with Crippen LogP contribution >= 0.6 is 27.5 Å². The first-order valence-electron chi connectivity index (χ1n) is 4.60. The second-order valence-electron chi connectivity index (χ2n) is 3.28. The van der Waals surface area contributed by atoms with E-state index in [-0.39, 0.29) is 15.2 Å². The van der Waals surface area contributed by atoms with Gasteiger partial charge in [0.2, 0.25) is 0 Å². The van der Waals surface area contributed by atoms with E-state index >= 15 is 0 Å². The molecule has 88 valence electrons. The second-order valence-corrected chi connectivity index (χ2v) is 4.43. The molecule has 0 bridgehead atoms. The molecule has 2 rings (SSSR count). The largest absolute Gasteiger partial charge is 0.497 e. The molecule has 0 aliphatic rings. The zero-order chi connectivity index (χ0) is 12.6. The van der Waals surface area contributed by atoms with Crippen molar-refractivity contribution < 1.29 is 14.6 Å². The normalized spacial score (nSPS) is 10.5. The molecule has 0 spiro atoms. The van der Waals surface area contributed by atoms with Crippen molar-refractivity contribution in [1.29, 1.82) is 0 Å². The SMILES string of the molecule is COc1ccc2nc(Cl)c(Br)c(C(=O)O)c2c1. The monoisotopic (exact) mass is 315 g/mol. The van der Waals surface area contributed by atoms with Gasteiger partial charge in [0.05, 0.1) is 22.7 Å². The molecule has 17 heavy (non-hydrogen) atoms. The molecule has 0 radical (unpaired) electrons. The summed E-state index contributed by atoms with van der Waals surface area (Å²) in [5, 5.41) is 9.80. The van der Waals surface area contributed by atoms with E-state index in [1.807, 2.05) is 0 Å². The maximum atomic E-state index is 11.2. The van der Waals surface area contributed by atoms with Gasteiger partial charge in [0, 0.05) is 5.39 Å². The van der Waals surface area contributed by atoms with Gasteiger partial charge in [-0.25, -0.2) is 9.78 Å². The van der Waals surface area contributed by atoms with Crippen molar-refractivity contribution >= 4 is 44.4 Å². The van der Waals surface area contributed by atoms with E-state index in [1.54, 1.807) is 18.2 Å². The minimum atomic E-state index is -1.07. The van der Waals surface area contributed by atoms with E-state index in [2.05, 4.69) is 20.9 Å². The van der Waals surface area contributed by atoms with Crippen molar-refractivity contribution in [3.05, 3.63) is 33.4 Å². The Hall–Kier alpha value is -1.33. The number of hydrogen-bond donors (Lipinski definition) is 1. The topological polar surface area (TPSA) is 59.4 Å². The van der Waals surface area contributed by atoms with Crippen molar-refractivity contribution in [3.8, 4) is 5.75 Å². The molecule has 4 nitrogen and oxygen atoms in total. The first-order valence-corrected chi connectivity index (χ1v) is 5.77. The summed E-state index contributed by atoms with van der Waals surface area (Å²) < 4.78 is 5.33. The average Bonchev–Trinajstić information content (AvgIpc) is 2.29. The van der Waals surface area contributed by atoms with Gasteiger partial charge in [-0.3, -0.25) is 0 Å². The molecule has 1 N–H and O–H groups in total. The van der Waals surface area contributed by atoms with Gasteiger partial charge in [0.25, 0.3) is 0 Å². The first-order chi connectivity index (χ1) is 8.04. The molecule has 0 saturated carbocycles. The molecular formula is C11H7BrClNO3. The summed E-state index contributed by atoms with van der Waals surface area (Å²) in [6.07, 6.45) is 0. The molecule has 1 heterocycles. The highest BCUT2D eigenvalue weighted by atomic mass is 79.9. The van der Waals surface area contributed by atoms with Crippen LogP contribution in [0.2, 0.25) is 5.15 Å². The minimum Gasteiger partial charge on any atom is -0.497 e. The minimum absolute atomic E-state index is 0.0823. The Morgan fingerprint density at radius 3 is 2.82 bits per heavy atom. The molecule has 0 amide bonds. The van der Waals surface area contributed by atoms with Crippen LogP contribution in [0.25, 0.3) is 10.9 Å². The number of halogens is 2. The number of rotatable bonds is 2. The summed E-state index contributed by atoms with van der Waals surface area (Å²) in [7, 11) is 1.51. The lowest BCUT2D eigenvalue weighted by molar-refractivity contribution is 0.0698. The highest BCUT2D eigenvalue weighted by Gasteiger charge is 2.18. The van der Waals surface area contributed by atoms with Crippen LogP contribution < -0.4 is 4.74 Å². The number of benzene rings is 1. The third-order valence-corrected chi connectivity index (χ3v) is 3.58. The number of carbonyl (C=O) groups is 1. The first kappa shape index (κ1) is 12.1. The van der Waals surface area contributed by atoms with Gasteiger partial charge in [-0.1, -0.05) is 11.6 Å². The molecular weight excluding hydrogens is 309 g/mol. The fraction of sp³-hybridized carbons (Fsp3) is 0.0909. The molecule has 0 fully saturated rings. The number of carboxylic acids is 1. The van der Waals surface area contributed by atoms with Gasteiger partial charge in [-0.05, 0) is 34.1 Å². The Labute approximate surface area is 110 Å². The predicted molar refractivity (Wildman–Crippen MR) is 68.0 cm³/mol. The lowest BCUT2D eigenvalue weighted by Gasteiger charge is -2.08. The van der Waals surface area contributed by atoms with Crippen LogP contribution in [0.5, 0.6) is 5.75 Å². The lowest BCUT2D eigenvalue weighted by atomic mass is 10.1. The standard InChI is InChI=1S/C11H7BrClNO3/c1-17-5-2-3-7-6(4-5)8(11(15)16)9(12)10(13)14-7/h2-4H,1H3,(H,15,16). The Kier molecular flexibility index (Phi) is 3.22. The molecule has 0 atom stereocenters. The van der Waals surface area contributed by atoms with Gasteiger partial charge in [0.1, 0.15) is 10.9 Å². The van der Waals surface area contributed by atoms with Crippen LogP contribution in [0, 0.1) is 0 Å². The van der Waals surface area contributed by atoms with E-state index in [0.29, 0.717) is 16.7 Å². The van der Waals surface area contributed by atoms with Crippen molar-refractivity contribution in [2.24, 2.45) is 0 Å². The highest BCUT2D eigenvalue weighted by Crippen LogP contribution is 2.32. The van der Waals surface area contributed by atoms with Gasteiger partial charge in [-0.15, -0.1) is 0 Å². The van der Waals surface area contributed by atoms with Crippen molar-refractivity contribution in [2.45, 2.75) is 0 Å². The molecule has 2 aromatic rings. The van der Waals surface area contributed by atoms with Crippen molar-refractivity contribution in [3.63, 3.8) is 0 Å². The average molecular weight is 317 g/mol. The summed E-state index contributed by atoms with van der Waals surface area (Å²) in [6.45, 7) is 0. The third-order valence-electron chi connectivity index (χ3n) is 2.31. The highest BCUT2D eigenvalue weighted by molar-refractivity contribution is 9.10. The smallest absolute Gasteiger partial charge is 0.337 e. The number of carboxylic acid groups (broad SMARTS) is 1. The summed E-state index contributed by atoms with van der Waals surface area (Å²) in [4.78, 5) is 15.3. The van der Waals surface area contributed by atoms with E-state index in [0.717, 1.165) is 0 Å². The van der Waals surface area contributed by atoms with Crippen molar-refractivity contribution in [1.82, 2.24) is 4.98 Å². The van der Waals surface area contributed by atoms with Gasteiger partial charge >= 0.3 is 5.97 Å². The van der Waals surface area contributed by atoms with Crippen LogP contribution in [-0.4, -0.2) is 23.2 Å². The molecule has 0 unspecified atom stereocenters. The number of aromatic nitrogens is 1. The van der Waals surface area contributed by atoms with Crippen LogP contribution in [0.4, 0.5) is 0 Å². The summed E-state index contributed by atoms with van der Waals surface area (Å²) >= 11 is 8.99. The number of fused-ring (bicyclic) bond motifs is 1. The summed E-state index contributed by atoms with van der Waals surface area (Å²) in [5.41, 5.74) is 0.593.